The molecule has 0 atom stereocenters. The van der Waals surface area contributed by atoms with Crippen LogP contribution in [0, 0.1) is 19.8 Å². The number of aryl methyl sites for hydroxylation is 1. The van der Waals surface area contributed by atoms with Gasteiger partial charge in [0.05, 0.1) is 5.56 Å². The van der Waals surface area contributed by atoms with Gasteiger partial charge in [0.1, 0.15) is 13.2 Å². The van der Waals surface area contributed by atoms with Gasteiger partial charge in [-0.1, -0.05) is 12.8 Å². The van der Waals surface area contributed by atoms with Crippen LogP contribution in [0.1, 0.15) is 60.3 Å². The number of hydrogen-bond donors (Lipinski definition) is 0. The second kappa shape index (κ2) is 9.72. The first-order chi connectivity index (χ1) is 16.5. The number of aromatic nitrogens is 1. The molecule has 0 aliphatic carbocycles. The maximum absolute atomic E-state index is 13.4. The largest absolute Gasteiger partial charge is 0.486 e. The molecule has 1 aromatic heterocycles. The van der Waals surface area contributed by atoms with Crippen LogP contribution in [0.2, 0.25) is 0 Å². The van der Waals surface area contributed by atoms with Crippen molar-refractivity contribution in [1.82, 2.24) is 14.4 Å². The Bertz CT molecular complexity index is 1060. The van der Waals surface area contributed by atoms with Gasteiger partial charge in [-0.3, -0.25) is 9.59 Å². The highest BCUT2D eigenvalue weighted by Gasteiger charge is 2.32. The Balaban J connectivity index is 1.27. The molecule has 2 saturated heterocycles. The van der Waals surface area contributed by atoms with Crippen LogP contribution >= 0.6 is 0 Å². The summed E-state index contributed by atoms with van der Waals surface area (Å²) in [6.45, 7) is 8.17. The van der Waals surface area contributed by atoms with Crippen molar-refractivity contribution >= 4 is 11.8 Å². The molecule has 0 radical (unpaired) electrons. The molecule has 3 aliphatic heterocycles. The van der Waals surface area contributed by atoms with Gasteiger partial charge >= 0.3 is 0 Å². The summed E-state index contributed by atoms with van der Waals surface area (Å²) >= 11 is 0. The highest BCUT2D eigenvalue weighted by molar-refractivity contribution is 5.96. The normalized spacial score (nSPS) is 19.1. The third-order valence-corrected chi connectivity index (χ3v) is 7.49. The zero-order valence-electron chi connectivity index (χ0n) is 20.3. The highest BCUT2D eigenvalue weighted by atomic mass is 16.6. The van der Waals surface area contributed by atoms with E-state index in [-0.39, 0.29) is 11.8 Å². The van der Waals surface area contributed by atoms with Crippen molar-refractivity contribution in [3.63, 3.8) is 0 Å². The summed E-state index contributed by atoms with van der Waals surface area (Å²) in [6, 6.07) is 7.88. The van der Waals surface area contributed by atoms with Gasteiger partial charge in [0, 0.05) is 55.2 Å². The van der Waals surface area contributed by atoms with Crippen LogP contribution in [-0.2, 0) is 4.79 Å². The van der Waals surface area contributed by atoms with Crippen molar-refractivity contribution in [2.45, 2.75) is 52.4 Å². The SMILES string of the molecule is Cc1cc(C(=O)N2CCC(C(=O)N3CCCCCC3)CC2)c(C)n1-c1ccc2c(c1)OCCO2. The molecule has 2 fully saturated rings. The van der Waals surface area contributed by atoms with Crippen molar-refractivity contribution in [3.05, 3.63) is 41.2 Å². The summed E-state index contributed by atoms with van der Waals surface area (Å²) in [5, 5.41) is 0. The first-order valence-corrected chi connectivity index (χ1v) is 12.7. The number of hydrogen-bond acceptors (Lipinski definition) is 4. The van der Waals surface area contributed by atoms with E-state index in [1.54, 1.807) is 0 Å². The molecule has 3 aliphatic rings. The molecule has 0 saturated carbocycles. The lowest BCUT2D eigenvalue weighted by Gasteiger charge is -2.34. The third kappa shape index (κ3) is 4.40. The van der Waals surface area contributed by atoms with E-state index < -0.39 is 0 Å². The zero-order chi connectivity index (χ0) is 23.7. The van der Waals surface area contributed by atoms with Crippen LogP contribution in [0.25, 0.3) is 5.69 Å². The van der Waals surface area contributed by atoms with E-state index in [2.05, 4.69) is 9.47 Å². The standard InChI is InChI=1S/C27H35N3O4/c1-19-17-23(20(2)30(19)22-7-8-24-25(18-22)34-16-15-33-24)27(32)29-13-9-21(10-14-29)26(31)28-11-5-3-4-6-12-28/h7-8,17-18,21H,3-6,9-16H2,1-2H3. The van der Waals surface area contributed by atoms with Crippen LogP contribution in [0.5, 0.6) is 11.5 Å². The van der Waals surface area contributed by atoms with Crippen molar-refractivity contribution < 1.29 is 19.1 Å². The van der Waals surface area contributed by atoms with E-state index in [9.17, 15) is 9.59 Å². The second-order valence-corrected chi connectivity index (χ2v) is 9.75. The number of benzene rings is 1. The van der Waals surface area contributed by atoms with Crippen molar-refractivity contribution in [2.24, 2.45) is 5.92 Å². The fourth-order valence-corrected chi connectivity index (χ4v) is 5.60. The predicted molar refractivity (Wildman–Crippen MR) is 130 cm³/mol. The van der Waals surface area contributed by atoms with Gasteiger partial charge in [-0.25, -0.2) is 0 Å². The molecule has 0 unspecified atom stereocenters. The smallest absolute Gasteiger partial charge is 0.255 e. The zero-order valence-corrected chi connectivity index (χ0v) is 20.3. The molecule has 0 bridgehead atoms. The molecule has 2 aromatic rings. The lowest BCUT2D eigenvalue weighted by molar-refractivity contribution is -0.136. The Morgan fingerprint density at radius 1 is 0.824 bits per heavy atom. The number of amides is 2. The average molecular weight is 466 g/mol. The fourth-order valence-electron chi connectivity index (χ4n) is 5.60. The minimum atomic E-state index is 0.0484. The first-order valence-electron chi connectivity index (χ1n) is 12.7. The number of carbonyl (C=O) groups excluding carboxylic acids is 2. The van der Waals surface area contributed by atoms with E-state index in [1.807, 2.05) is 43.0 Å². The molecular weight excluding hydrogens is 430 g/mol. The Labute approximate surface area is 201 Å². The van der Waals surface area contributed by atoms with Gasteiger partial charge in [0.25, 0.3) is 5.91 Å². The summed E-state index contributed by atoms with van der Waals surface area (Å²) < 4.78 is 13.5. The van der Waals surface area contributed by atoms with E-state index in [4.69, 9.17) is 9.47 Å². The highest BCUT2D eigenvalue weighted by Crippen LogP contribution is 2.34. The first kappa shape index (κ1) is 22.8. The summed E-state index contributed by atoms with van der Waals surface area (Å²) in [6.07, 6.45) is 6.18. The summed E-state index contributed by atoms with van der Waals surface area (Å²) in [5.74, 6) is 1.89. The number of carbonyl (C=O) groups is 2. The van der Waals surface area contributed by atoms with Gasteiger partial charge < -0.3 is 23.8 Å². The molecule has 34 heavy (non-hydrogen) atoms. The number of nitrogens with zero attached hydrogens (tertiary/aromatic N) is 3. The molecule has 182 valence electrons. The number of likely N-dealkylation sites (tertiary alicyclic amines) is 2. The second-order valence-electron chi connectivity index (χ2n) is 9.75. The van der Waals surface area contributed by atoms with E-state index in [1.165, 1.54) is 12.8 Å². The molecule has 7 heteroatoms. The molecule has 2 amide bonds. The van der Waals surface area contributed by atoms with Gasteiger partial charge in [0.15, 0.2) is 11.5 Å². The predicted octanol–water partition coefficient (Wildman–Crippen LogP) is 4.12. The lowest BCUT2D eigenvalue weighted by Crippen LogP contribution is -2.44. The Morgan fingerprint density at radius 3 is 2.21 bits per heavy atom. The number of rotatable bonds is 3. The Morgan fingerprint density at radius 2 is 1.50 bits per heavy atom. The topological polar surface area (TPSA) is 64.0 Å². The Kier molecular flexibility index (Phi) is 6.53. The molecule has 4 heterocycles. The van der Waals surface area contributed by atoms with Gasteiger partial charge in [-0.05, 0) is 57.7 Å². The number of piperidine rings is 1. The van der Waals surface area contributed by atoms with Crippen LogP contribution in [0.15, 0.2) is 24.3 Å². The lowest BCUT2D eigenvalue weighted by atomic mass is 9.94. The van der Waals surface area contributed by atoms with Crippen molar-refractivity contribution in [2.75, 3.05) is 39.4 Å². The molecule has 1 aromatic carbocycles. The third-order valence-electron chi connectivity index (χ3n) is 7.49. The van der Waals surface area contributed by atoms with E-state index >= 15 is 0 Å². The molecule has 5 rings (SSSR count). The van der Waals surface area contributed by atoms with E-state index in [0.29, 0.717) is 32.2 Å². The van der Waals surface area contributed by atoms with Crippen LogP contribution in [0.3, 0.4) is 0 Å². The Hall–Kier alpha value is -2.96. The van der Waals surface area contributed by atoms with Crippen LogP contribution < -0.4 is 9.47 Å². The summed E-state index contributed by atoms with van der Waals surface area (Å²) in [7, 11) is 0. The molecule has 7 nitrogen and oxygen atoms in total. The summed E-state index contributed by atoms with van der Waals surface area (Å²) in [4.78, 5) is 30.4. The maximum atomic E-state index is 13.4. The van der Waals surface area contributed by atoms with Crippen molar-refractivity contribution in [1.29, 1.82) is 0 Å². The molecule has 0 spiro atoms. The maximum Gasteiger partial charge on any atom is 0.255 e. The van der Waals surface area contributed by atoms with E-state index in [0.717, 1.165) is 72.9 Å². The average Bonchev–Trinajstić information content (AvgIpc) is 3.03. The number of fused-ring (bicyclic) bond motifs is 1. The van der Waals surface area contributed by atoms with Gasteiger partial charge in [-0.2, -0.15) is 0 Å². The molecule has 0 N–H and O–H groups in total. The summed E-state index contributed by atoms with van der Waals surface area (Å²) in [5.41, 5.74) is 3.61. The quantitative estimate of drug-likeness (QED) is 0.684. The fraction of sp³-hybridized carbons (Fsp3) is 0.556. The van der Waals surface area contributed by atoms with Gasteiger partial charge in [-0.15, -0.1) is 0 Å². The molecular formula is C27H35N3O4. The minimum Gasteiger partial charge on any atom is -0.486 e. The number of ether oxygens (including phenoxy) is 2. The van der Waals surface area contributed by atoms with Crippen LogP contribution in [-0.4, -0.2) is 65.6 Å². The van der Waals surface area contributed by atoms with Crippen LogP contribution in [0.4, 0.5) is 0 Å². The monoisotopic (exact) mass is 465 g/mol. The van der Waals surface area contributed by atoms with Gasteiger partial charge in [0.2, 0.25) is 5.91 Å². The minimum absolute atomic E-state index is 0.0484. The van der Waals surface area contributed by atoms with Crippen molar-refractivity contribution in [3.8, 4) is 17.2 Å².